The largest absolute Gasteiger partial charge is 0.333 e. The van der Waals surface area contributed by atoms with Crippen LogP contribution in [0.25, 0.3) is 16.9 Å². The molecule has 0 atom stereocenters. The van der Waals surface area contributed by atoms with Crippen molar-refractivity contribution in [3.63, 3.8) is 0 Å². The van der Waals surface area contributed by atoms with E-state index in [4.69, 9.17) is 6.42 Å². The van der Waals surface area contributed by atoms with E-state index < -0.39 is 20.2 Å². The fourth-order valence-corrected chi connectivity index (χ4v) is 3.88. The molecule has 0 N–H and O–H groups in total. The maximum atomic E-state index is 12.7. The Hall–Kier alpha value is -3.45. The first-order valence-electron chi connectivity index (χ1n) is 8.30. The zero-order chi connectivity index (χ0) is 20.5. The third kappa shape index (κ3) is 3.27. The van der Waals surface area contributed by atoms with Gasteiger partial charge in [-0.3, -0.25) is 14.4 Å². The van der Waals surface area contributed by atoms with Crippen LogP contribution in [0, 0.1) is 22.5 Å². The minimum atomic E-state index is -3.64. The number of nitrogens with zero attached hydrogens (tertiary/aromatic N) is 5. The SMILES string of the molecule is C#CCN(c1cccc(-c2ccnc3c([N+](=O)[O-])cnn23)c1)S(=O)(=O)C(C)C. The number of hydrogen-bond acceptors (Lipinski definition) is 6. The van der Waals surface area contributed by atoms with Crippen LogP contribution in [0.2, 0.25) is 0 Å². The number of hydrogen-bond donors (Lipinski definition) is 0. The van der Waals surface area contributed by atoms with E-state index in [1.165, 1.54) is 15.0 Å². The molecule has 0 aliphatic heterocycles. The van der Waals surface area contributed by atoms with E-state index in [0.29, 0.717) is 16.9 Å². The number of fused-ring (bicyclic) bond motifs is 1. The Labute approximate surface area is 161 Å². The van der Waals surface area contributed by atoms with E-state index in [1.807, 2.05) is 0 Å². The van der Waals surface area contributed by atoms with Gasteiger partial charge in [0.1, 0.15) is 6.20 Å². The molecule has 1 aromatic carbocycles. The molecule has 0 unspecified atom stereocenters. The lowest BCUT2D eigenvalue weighted by Crippen LogP contribution is -2.36. The molecule has 0 spiro atoms. The quantitative estimate of drug-likeness (QED) is 0.358. The number of terminal acetylenes is 1. The number of benzene rings is 1. The molecule has 0 saturated carbocycles. The summed E-state index contributed by atoms with van der Waals surface area (Å²) in [6.07, 6.45) is 7.95. The average Bonchev–Trinajstić information content (AvgIpc) is 3.10. The van der Waals surface area contributed by atoms with Gasteiger partial charge in [0.25, 0.3) is 0 Å². The summed E-state index contributed by atoms with van der Waals surface area (Å²) in [5, 5.41) is 14.5. The summed E-state index contributed by atoms with van der Waals surface area (Å²) in [5.41, 5.74) is 1.43. The Bertz CT molecular complexity index is 1190. The van der Waals surface area contributed by atoms with E-state index in [-0.39, 0.29) is 17.9 Å². The second-order valence-corrected chi connectivity index (χ2v) is 8.62. The molecule has 144 valence electrons. The Morgan fingerprint density at radius 1 is 1.36 bits per heavy atom. The predicted molar refractivity (Wildman–Crippen MR) is 105 cm³/mol. The molecule has 0 amide bonds. The molecule has 10 heteroatoms. The van der Waals surface area contributed by atoms with Crippen molar-refractivity contribution in [2.75, 3.05) is 10.8 Å². The summed E-state index contributed by atoms with van der Waals surface area (Å²) in [6.45, 7) is 3.05. The smallest absolute Gasteiger partial charge is 0.258 e. The highest BCUT2D eigenvalue weighted by molar-refractivity contribution is 7.93. The van der Waals surface area contributed by atoms with E-state index in [1.54, 1.807) is 44.2 Å². The second kappa shape index (κ2) is 7.28. The van der Waals surface area contributed by atoms with Gasteiger partial charge in [-0.1, -0.05) is 18.1 Å². The summed E-state index contributed by atoms with van der Waals surface area (Å²) >= 11 is 0. The highest BCUT2D eigenvalue weighted by atomic mass is 32.2. The van der Waals surface area contributed by atoms with Crippen molar-refractivity contribution in [3.8, 4) is 23.6 Å². The summed E-state index contributed by atoms with van der Waals surface area (Å²) < 4.78 is 27.9. The number of aromatic nitrogens is 3. The Morgan fingerprint density at radius 2 is 2.11 bits per heavy atom. The van der Waals surface area contributed by atoms with Gasteiger partial charge in [0.05, 0.1) is 28.1 Å². The van der Waals surface area contributed by atoms with E-state index in [0.717, 1.165) is 6.20 Å². The molecule has 3 aromatic rings. The molecule has 0 radical (unpaired) electrons. The van der Waals surface area contributed by atoms with Crippen molar-refractivity contribution < 1.29 is 13.3 Å². The fraction of sp³-hybridized carbons (Fsp3) is 0.222. The molecule has 0 aliphatic rings. The van der Waals surface area contributed by atoms with Crippen molar-refractivity contribution in [3.05, 3.63) is 52.8 Å². The van der Waals surface area contributed by atoms with Crippen LogP contribution in [0.3, 0.4) is 0 Å². The second-order valence-electron chi connectivity index (χ2n) is 6.21. The lowest BCUT2D eigenvalue weighted by Gasteiger charge is -2.25. The highest BCUT2D eigenvalue weighted by Gasteiger charge is 2.26. The first kappa shape index (κ1) is 19.3. The molecule has 3 rings (SSSR count). The molecule has 2 aromatic heterocycles. The molecule has 9 nitrogen and oxygen atoms in total. The zero-order valence-corrected chi connectivity index (χ0v) is 16.0. The summed E-state index contributed by atoms with van der Waals surface area (Å²) in [4.78, 5) is 14.6. The first-order chi connectivity index (χ1) is 13.3. The lowest BCUT2D eigenvalue weighted by molar-refractivity contribution is -0.383. The van der Waals surface area contributed by atoms with Gasteiger partial charge in [-0.2, -0.15) is 5.10 Å². The topological polar surface area (TPSA) is 111 Å². The average molecular weight is 399 g/mol. The molecule has 2 heterocycles. The predicted octanol–water partition coefficient (Wildman–Crippen LogP) is 2.48. The van der Waals surface area contributed by atoms with Gasteiger partial charge in [-0.15, -0.1) is 6.42 Å². The maximum Gasteiger partial charge on any atom is 0.333 e. The Kier molecular flexibility index (Phi) is 5.02. The summed E-state index contributed by atoms with van der Waals surface area (Å²) in [5.74, 6) is 2.38. The standard InChI is InChI=1S/C18H17N5O4S/c1-4-10-21(28(26,27)13(2)3)15-7-5-6-14(11-15)16-8-9-19-18-17(23(24)25)12-20-22(16)18/h1,5-9,11-13H,10H2,2-3H3. The number of anilines is 1. The van der Waals surface area contributed by atoms with Gasteiger partial charge in [-0.25, -0.2) is 17.9 Å². The molecule has 0 aliphatic carbocycles. The molecular formula is C18H17N5O4S. The van der Waals surface area contributed by atoms with Gasteiger partial charge < -0.3 is 0 Å². The van der Waals surface area contributed by atoms with Gasteiger partial charge in [0, 0.05) is 11.8 Å². The van der Waals surface area contributed by atoms with E-state index in [2.05, 4.69) is 16.0 Å². The number of nitro groups is 1. The molecule has 0 bridgehead atoms. The third-order valence-electron chi connectivity index (χ3n) is 4.15. The van der Waals surface area contributed by atoms with E-state index >= 15 is 0 Å². The number of sulfonamides is 1. The normalized spacial score (nSPS) is 11.5. The van der Waals surface area contributed by atoms with Crippen molar-refractivity contribution in [2.45, 2.75) is 19.1 Å². The van der Waals surface area contributed by atoms with Crippen LogP contribution < -0.4 is 4.31 Å². The van der Waals surface area contributed by atoms with Crippen LogP contribution in [0.5, 0.6) is 0 Å². The van der Waals surface area contributed by atoms with Gasteiger partial charge in [0.2, 0.25) is 15.7 Å². The molecule has 28 heavy (non-hydrogen) atoms. The maximum absolute atomic E-state index is 12.7. The molecular weight excluding hydrogens is 382 g/mol. The summed E-state index contributed by atoms with van der Waals surface area (Å²) in [7, 11) is -3.64. The van der Waals surface area contributed by atoms with Crippen LogP contribution in [-0.4, -0.2) is 39.7 Å². The Balaban J connectivity index is 2.16. The van der Waals surface area contributed by atoms with Crippen molar-refractivity contribution in [1.82, 2.24) is 14.6 Å². The van der Waals surface area contributed by atoms with Crippen molar-refractivity contribution in [1.29, 1.82) is 0 Å². The van der Waals surface area contributed by atoms with Gasteiger partial charge in [-0.05, 0) is 32.0 Å². The van der Waals surface area contributed by atoms with Crippen LogP contribution in [0.15, 0.2) is 42.7 Å². The van der Waals surface area contributed by atoms with Gasteiger partial charge in [0.15, 0.2) is 0 Å². The molecule has 0 saturated heterocycles. The minimum Gasteiger partial charge on any atom is -0.258 e. The van der Waals surface area contributed by atoms with Crippen LogP contribution in [-0.2, 0) is 10.0 Å². The van der Waals surface area contributed by atoms with Crippen LogP contribution in [0.4, 0.5) is 11.4 Å². The highest BCUT2D eigenvalue weighted by Crippen LogP contribution is 2.29. The minimum absolute atomic E-state index is 0.100. The zero-order valence-electron chi connectivity index (χ0n) is 15.2. The van der Waals surface area contributed by atoms with Crippen molar-refractivity contribution in [2.24, 2.45) is 0 Å². The van der Waals surface area contributed by atoms with E-state index in [9.17, 15) is 18.5 Å². The summed E-state index contributed by atoms with van der Waals surface area (Å²) in [6, 6.07) is 8.38. The monoisotopic (exact) mass is 399 g/mol. The molecule has 0 fully saturated rings. The first-order valence-corrected chi connectivity index (χ1v) is 9.80. The number of rotatable bonds is 6. The third-order valence-corrected chi connectivity index (χ3v) is 6.29. The van der Waals surface area contributed by atoms with Crippen molar-refractivity contribution >= 4 is 27.0 Å². The lowest BCUT2D eigenvalue weighted by atomic mass is 10.1. The fourth-order valence-electron chi connectivity index (χ4n) is 2.71. The Morgan fingerprint density at radius 3 is 2.75 bits per heavy atom. The van der Waals surface area contributed by atoms with Crippen LogP contribution >= 0.6 is 0 Å². The van der Waals surface area contributed by atoms with Gasteiger partial charge >= 0.3 is 5.69 Å². The van der Waals surface area contributed by atoms with Crippen LogP contribution in [0.1, 0.15) is 13.8 Å².